The first-order chi connectivity index (χ1) is 8.08. The molecule has 1 rings (SSSR count). The number of nitrogens with two attached hydrogens (primary N) is 1. The number of aromatic nitrogens is 2. The molecule has 1 aromatic rings. The minimum absolute atomic E-state index is 0.0661. The van der Waals surface area contributed by atoms with Crippen LogP contribution in [0, 0.1) is 5.92 Å². The molecule has 5 heteroatoms. The van der Waals surface area contributed by atoms with E-state index in [1.54, 1.807) is 11.7 Å². The second-order valence-electron chi connectivity index (χ2n) is 4.39. The minimum Gasteiger partial charge on any atom is -0.350 e. The molecule has 1 unspecified atom stereocenters. The van der Waals surface area contributed by atoms with E-state index in [9.17, 15) is 4.79 Å². The van der Waals surface area contributed by atoms with Gasteiger partial charge in [-0.2, -0.15) is 5.10 Å². The highest BCUT2D eigenvalue weighted by atomic mass is 16.2. The molecule has 0 aliphatic rings. The number of rotatable bonds is 6. The van der Waals surface area contributed by atoms with Gasteiger partial charge in [0.05, 0.1) is 5.69 Å². The van der Waals surface area contributed by atoms with Gasteiger partial charge >= 0.3 is 0 Å². The molecule has 0 saturated heterocycles. The Balaban J connectivity index is 2.54. The number of nitrogens with zero attached hydrogens (tertiary/aromatic N) is 2. The summed E-state index contributed by atoms with van der Waals surface area (Å²) in [6, 6.07) is 1.84. The van der Waals surface area contributed by atoms with Gasteiger partial charge < -0.3 is 11.1 Å². The first kappa shape index (κ1) is 13.7. The predicted octanol–water partition coefficient (Wildman–Crippen LogP) is 0.697. The van der Waals surface area contributed by atoms with Crippen molar-refractivity contribution in [1.82, 2.24) is 15.1 Å². The molecule has 1 atom stereocenters. The van der Waals surface area contributed by atoms with E-state index in [1.807, 2.05) is 13.0 Å². The van der Waals surface area contributed by atoms with Crippen LogP contribution in [0.15, 0.2) is 6.07 Å². The van der Waals surface area contributed by atoms with Crippen molar-refractivity contribution in [2.75, 3.05) is 13.1 Å². The van der Waals surface area contributed by atoms with Crippen molar-refractivity contribution in [3.63, 3.8) is 0 Å². The maximum Gasteiger partial charge on any atom is 0.269 e. The predicted molar refractivity (Wildman–Crippen MR) is 67.8 cm³/mol. The highest BCUT2D eigenvalue weighted by molar-refractivity contribution is 5.92. The molecule has 0 saturated carbocycles. The SMILES string of the molecule is CCc1cc(C(=O)NCC(C)CCN)n(C)n1. The third kappa shape index (κ3) is 3.85. The number of aryl methyl sites for hydroxylation is 2. The van der Waals surface area contributed by atoms with Gasteiger partial charge in [0.2, 0.25) is 0 Å². The van der Waals surface area contributed by atoms with Crippen molar-refractivity contribution in [3.05, 3.63) is 17.5 Å². The zero-order valence-corrected chi connectivity index (χ0v) is 10.9. The fourth-order valence-electron chi connectivity index (χ4n) is 1.66. The number of hydrogen-bond acceptors (Lipinski definition) is 3. The fourth-order valence-corrected chi connectivity index (χ4v) is 1.66. The summed E-state index contributed by atoms with van der Waals surface area (Å²) >= 11 is 0. The van der Waals surface area contributed by atoms with Gasteiger partial charge in [0.1, 0.15) is 5.69 Å². The quantitative estimate of drug-likeness (QED) is 0.766. The Hall–Kier alpha value is -1.36. The van der Waals surface area contributed by atoms with E-state index < -0.39 is 0 Å². The third-order valence-corrected chi connectivity index (χ3v) is 2.80. The number of carbonyl (C=O) groups is 1. The summed E-state index contributed by atoms with van der Waals surface area (Å²) in [6.07, 6.45) is 1.76. The molecule has 1 heterocycles. The normalized spacial score (nSPS) is 12.5. The van der Waals surface area contributed by atoms with Gasteiger partial charge in [0.25, 0.3) is 5.91 Å². The average molecular weight is 238 g/mol. The molecule has 0 bridgehead atoms. The topological polar surface area (TPSA) is 72.9 Å². The first-order valence-electron chi connectivity index (χ1n) is 6.09. The molecule has 0 aromatic carbocycles. The minimum atomic E-state index is -0.0661. The Kier molecular flexibility index (Phi) is 5.15. The zero-order valence-electron chi connectivity index (χ0n) is 10.9. The van der Waals surface area contributed by atoms with Gasteiger partial charge in [0, 0.05) is 13.6 Å². The van der Waals surface area contributed by atoms with Gasteiger partial charge in [-0.05, 0) is 31.4 Å². The molecular formula is C12H22N4O. The van der Waals surface area contributed by atoms with Crippen molar-refractivity contribution in [2.24, 2.45) is 18.7 Å². The summed E-state index contributed by atoms with van der Waals surface area (Å²) in [5, 5.41) is 7.16. The lowest BCUT2D eigenvalue weighted by Gasteiger charge is -2.11. The molecule has 1 aromatic heterocycles. The van der Waals surface area contributed by atoms with E-state index in [4.69, 9.17) is 5.73 Å². The van der Waals surface area contributed by atoms with Gasteiger partial charge in [0.15, 0.2) is 0 Å². The van der Waals surface area contributed by atoms with Crippen LogP contribution in [0.5, 0.6) is 0 Å². The zero-order chi connectivity index (χ0) is 12.8. The second-order valence-corrected chi connectivity index (χ2v) is 4.39. The smallest absolute Gasteiger partial charge is 0.269 e. The third-order valence-electron chi connectivity index (χ3n) is 2.80. The fraction of sp³-hybridized carbons (Fsp3) is 0.667. The van der Waals surface area contributed by atoms with Crippen molar-refractivity contribution in [3.8, 4) is 0 Å². The summed E-state index contributed by atoms with van der Waals surface area (Å²) < 4.78 is 1.63. The summed E-state index contributed by atoms with van der Waals surface area (Å²) in [5.74, 6) is 0.339. The standard InChI is InChI=1S/C12H22N4O/c1-4-10-7-11(16(3)15-10)12(17)14-8-9(2)5-6-13/h7,9H,4-6,8,13H2,1-3H3,(H,14,17). The highest BCUT2D eigenvalue weighted by Gasteiger charge is 2.13. The molecule has 0 fully saturated rings. The van der Waals surface area contributed by atoms with Crippen molar-refractivity contribution < 1.29 is 4.79 Å². The molecule has 17 heavy (non-hydrogen) atoms. The molecule has 5 nitrogen and oxygen atoms in total. The van der Waals surface area contributed by atoms with Crippen LogP contribution >= 0.6 is 0 Å². The van der Waals surface area contributed by atoms with Gasteiger partial charge in [-0.15, -0.1) is 0 Å². The van der Waals surface area contributed by atoms with E-state index in [1.165, 1.54) is 0 Å². The lowest BCUT2D eigenvalue weighted by atomic mass is 10.1. The highest BCUT2D eigenvalue weighted by Crippen LogP contribution is 2.04. The van der Waals surface area contributed by atoms with E-state index in [-0.39, 0.29) is 5.91 Å². The molecule has 0 spiro atoms. The largest absolute Gasteiger partial charge is 0.350 e. The van der Waals surface area contributed by atoms with Crippen molar-refractivity contribution in [1.29, 1.82) is 0 Å². The van der Waals surface area contributed by atoms with Crippen LogP contribution in [0.25, 0.3) is 0 Å². The molecule has 0 aliphatic heterocycles. The van der Waals surface area contributed by atoms with Gasteiger partial charge in [-0.1, -0.05) is 13.8 Å². The van der Waals surface area contributed by atoms with E-state index in [2.05, 4.69) is 17.3 Å². The van der Waals surface area contributed by atoms with Gasteiger partial charge in [-0.3, -0.25) is 9.48 Å². The molecule has 3 N–H and O–H groups in total. The monoisotopic (exact) mass is 238 g/mol. The van der Waals surface area contributed by atoms with Crippen LogP contribution in [-0.4, -0.2) is 28.8 Å². The Morgan fingerprint density at radius 1 is 1.65 bits per heavy atom. The average Bonchev–Trinajstić information content (AvgIpc) is 2.68. The van der Waals surface area contributed by atoms with E-state index in [0.717, 1.165) is 18.5 Å². The summed E-state index contributed by atoms with van der Waals surface area (Å²) in [4.78, 5) is 11.9. The number of hydrogen-bond donors (Lipinski definition) is 2. The van der Waals surface area contributed by atoms with Crippen LogP contribution in [0.1, 0.15) is 36.5 Å². The maximum absolute atomic E-state index is 11.9. The Labute approximate surface area is 102 Å². The number of nitrogens with one attached hydrogen (secondary N) is 1. The Morgan fingerprint density at radius 3 is 2.88 bits per heavy atom. The summed E-state index contributed by atoms with van der Waals surface area (Å²) in [7, 11) is 1.79. The summed E-state index contributed by atoms with van der Waals surface area (Å²) in [5.41, 5.74) is 7.02. The molecule has 1 amide bonds. The van der Waals surface area contributed by atoms with Crippen LogP contribution < -0.4 is 11.1 Å². The van der Waals surface area contributed by atoms with Gasteiger partial charge in [-0.25, -0.2) is 0 Å². The maximum atomic E-state index is 11.9. The molecule has 96 valence electrons. The van der Waals surface area contributed by atoms with E-state index in [0.29, 0.717) is 24.7 Å². The van der Waals surface area contributed by atoms with Crippen LogP contribution in [0.3, 0.4) is 0 Å². The van der Waals surface area contributed by atoms with Crippen LogP contribution in [-0.2, 0) is 13.5 Å². The Morgan fingerprint density at radius 2 is 2.35 bits per heavy atom. The molecule has 0 radical (unpaired) electrons. The lowest BCUT2D eigenvalue weighted by Crippen LogP contribution is -2.30. The second kappa shape index (κ2) is 6.39. The van der Waals surface area contributed by atoms with Crippen LogP contribution in [0.2, 0.25) is 0 Å². The number of carbonyl (C=O) groups excluding carboxylic acids is 1. The Bertz CT molecular complexity index is 373. The van der Waals surface area contributed by atoms with Crippen molar-refractivity contribution in [2.45, 2.75) is 26.7 Å². The molecule has 0 aliphatic carbocycles. The van der Waals surface area contributed by atoms with Crippen molar-refractivity contribution >= 4 is 5.91 Å². The first-order valence-corrected chi connectivity index (χ1v) is 6.09. The van der Waals surface area contributed by atoms with E-state index >= 15 is 0 Å². The lowest BCUT2D eigenvalue weighted by molar-refractivity contribution is 0.0938. The van der Waals surface area contributed by atoms with Crippen LogP contribution in [0.4, 0.5) is 0 Å². The summed E-state index contributed by atoms with van der Waals surface area (Å²) in [6.45, 7) is 5.41. The molecular weight excluding hydrogens is 216 g/mol. The number of amides is 1.